The Morgan fingerprint density at radius 1 is 1.53 bits per heavy atom. The van der Waals surface area contributed by atoms with Gasteiger partial charge in [0.15, 0.2) is 0 Å². The molecule has 0 saturated heterocycles. The molecule has 1 aromatic heterocycles. The van der Waals surface area contributed by atoms with Crippen molar-refractivity contribution in [3.63, 3.8) is 0 Å². The van der Waals surface area contributed by atoms with Gasteiger partial charge in [-0.1, -0.05) is 6.92 Å². The molecule has 1 rings (SSSR count). The number of nitrogens with one attached hydrogen (secondary N) is 2. The van der Waals surface area contributed by atoms with E-state index in [9.17, 15) is 9.59 Å². The van der Waals surface area contributed by atoms with Gasteiger partial charge in [-0.05, 0) is 6.92 Å². The van der Waals surface area contributed by atoms with Crippen molar-refractivity contribution in [1.82, 2.24) is 15.3 Å². The predicted molar refractivity (Wildman–Crippen MR) is 66.2 cm³/mol. The second kappa shape index (κ2) is 6.03. The van der Waals surface area contributed by atoms with Gasteiger partial charge in [0.05, 0.1) is 6.54 Å². The summed E-state index contributed by atoms with van der Waals surface area (Å²) >= 11 is 0. The number of hydrogen-bond donors (Lipinski definition) is 2. The summed E-state index contributed by atoms with van der Waals surface area (Å²) in [5, 5.41) is 2.55. The van der Waals surface area contributed by atoms with E-state index in [0.717, 1.165) is 0 Å². The van der Waals surface area contributed by atoms with E-state index in [1.165, 1.54) is 6.07 Å². The summed E-state index contributed by atoms with van der Waals surface area (Å²) in [7, 11) is 1.58. The van der Waals surface area contributed by atoms with Crippen LogP contribution in [0.25, 0.3) is 0 Å². The van der Waals surface area contributed by atoms with Gasteiger partial charge in [0.25, 0.3) is 5.56 Å². The van der Waals surface area contributed by atoms with Crippen molar-refractivity contribution in [3.8, 4) is 0 Å². The number of rotatable bonds is 5. The van der Waals surface area contributed by atoms with E-state index >= 15 is 0 Å². The maximum absolute atomic E-state index is 11.4. The monoisotopic (exact) mass is 238 g/mol. The molecule has 0 unspecified atom stereocenters. The van der Waals surface area contributed by atoms with Gasteiger partial charge in [-0.25, -0.2) is 4.98 Å². The zero-order valence-corrected chi connectivity index (χ0v) is 10.4. The summed E-state index contributed by atoms with van der Waals surface area (Å²) < 4.78 is 0. The summed E-state index contributed by atoms with van der Waals surface area (Å²) in [6, 6.07) is 1.41. The van der Waals surface area contributed by atoms with Crippen LogP contribution in [-0.2, 0) is 11.2 Å². The molecule has 0 aromatic carbocycles. The lowest BCUT2D eigenvalue weighted by Crippen LogP contribution is -2.36. The van der Waals surface area contributed by atoms with E-state index in [2.05, 4.69) is 15.3 Å². The number of aromatic amines is 1. The number of carbonyl (C=O) groups excluding carboxylic acids is 1. The minimum Gasteiger partial charge on any atom is -0.358 e. The number of hydrogen-bond acceptors (Lipinski definition) is 4. The Morgan fingerprint density at radius 2 is 2.24 bits per heavy atom. The van der Waals surface area contributed by atoms with Crippen LogP contribution in [0.4, 0.5) is 5.82 Å². The molecule has 0 bridgehead atoms. The fraction of sp³-hybridized carbons (Fsp3) is 0.545. The van der Waals surface area contributed by atoms with Gasteiger partial charge in [-0.2, -0.15) is 0 Å². The molecule has 17 heavy (non-hydrogen) atoms. The third-order valence-corrected chi connectivity index (χ3v) is 2.43. The van der Waals surface area contributed by atoms with Crippen LogP contribution in [0.3, 0.4) is 0 Å². The molecule has 1 aromatic rings. The second-order valence-electron chi connectivity index (χ2n) is 3.59. The average Bonchev–Trinajstić information content (AvgIpc) is 2.34. The van der Waals surface area contributed by atoms with Gasteiger partial charge in [0, 0.05) is 26.1 Å². The van der Waals surface area contributed by atoms with Crippen molar-refractivity contribution < 1.29 is 4.79 Å². The Hall–Kier alpha value is -1.85. The highest BCUT2D eigenvalue weighted by Crippen LogP contribution is 2.07. The maximum Gasteiger partial charge on any atom is 0.252 e. The number of aromatic nitrogens is 2. The van der Waals surface area contributed by atoms with E-state index in [-0.39, 0.29) is 18.0 Å². The molecular weight excluding hydrogens is 220 g/mol. The summed E-state index contributed by atoms with van der Waals surface area (Å²) in [4.78, 5) is 31.5. The van der Waals surface area contributed by atoms with Gasteiger partial charge < -0.3 is 15.2 Å². The molecule has 0 aliphatic heterocycles. The molecule has 1 amide bonds. The Kier molecular flexibility index (Phi) is 4.68. The van der Waals surface area contributed by atoms with Gasteiger partial charge in [0.1, 0.15) is 11.6 Å². The molecule has 0 radical (unpaired) electrons. The number of likely N-dealkylation sites (N-methyl/N-ethyl adjacent to an activating group) is 2. The minimum absolute atomic E-state index is 0.105. The van der Waals surface area contributed by atoms with Gasteiger partial charge >= 0.3 is 0 Å². The van der Waals surface area contributed by atoms with Crippen LogP contribution in [-0.4, -0.2) is 36.0 Å². The van der Waals surface area contributed by atoms with Crippen LogP contribution in [0.5, 0.6) is 0 Å². The predicted octanol–water partition coefficient (Wildman–Crippen LogP) is -0.0954. The van der Waals surface area contributed by atoms with E-state index in [4.69, 9.17) is 0 Å². The normalized spacial score (nSPS) is 10.1. The number of carbonyl (C=O) groups is 1. The molecule has 94 valence electrons. The second-order valence-corrected chi connectivity index (χ2v) is 3.59. The van der Waals surface area contributed by atoms with Crippen LogP contribution in [0, 0.1) is 0 Å². The van der Waals surface area contributed by atoms with Crippen LogP contribution >= 0.6 is 0 Å². The quantitative estimate of drug-likeness (QED) is 0.751. The molecule has 0 aliphatic carbocycles. The highest BCUT2D eigenvalue weighted by molar-refractivity contribution is 5.80. The first-order valence-electron chi connectivity index (χ1n) is 5.66. The molecule has 0 spiro atoms. The van der Waals surface area contributed by atoms with Crippen LogP contribution < -0.4 is 15.8 Å². The first-order chi connectivity index (χ1) is 8.10. The molecule has 6 heteroatoms. The Morgan fingerprint density at radius 3 is 2.76 bits per heavy atom. The molecular formula is C11H18N4O2. The van der Waals surface area contributed by atoms with Crippen molar-refractivity contribution >= 4 is 11.7 Å². The zero-order chi connectivity index (χ0) is 12.8. The van der Waals surface area contributed by atoms with Crippen molar-refractivity contribution in [1.29, 1.82) is 0 Å². The average molecular weight is 238 g/mol. The Bertz CT molecular complexity index is 441. The molecule has 0 saturated carbocycles. The molecule has 0 atom stereocenters. The highest BCUT2D eigenvalue weighted by atomic mass is 16.2. The SMILES string of the molecule is CCc1nc(N(CC)CC(=O)NC)cc(=O)[nH]1. The lowest BCUT2D eigenvalue weighted by Gasteiger charge is -2.20. The van der Waals surface area contributed by atoms with Crippen LogP contribution in [0.2, 0.25) is 0 Å². The zero-order valence-electron chi connectivity index (χ0n) is 10.4. The van der Waals surface area contributed by atoms with E-state index < -0.39 is 0 Å². The van der Waals surface area contributed by atoms with Crippen molar-refractivity contribution in [2.45, 2.75) is 20.3 Å². The number of aryl methyl sites for hydroxylation is 1. The molecule has 2 N–H and O–H groups in total. The number of amides is 1. The summed E-state index contributed by atoms with van der Waals surface area (Å²) in [5.74, 6) is 1.06. The fourth-order valence-electron chi connectivity index (χ4n) is 1.43. The van der Waals surface area contributed by atoms with Gasteiger partial charge in [-0.3, -0.25) is 9.59 Å². The van der Waals surface area contributed by atoms with E-state index in [0.29, 0.717) is 24.6 Å². The lowest BCUT2D eigenvalue weighted by molar-refractivity contribution is -0.119. The lowest BCUT2D eigenvalue weighted by atomic mass is 10.4. The topological polar surface area (TPSA) is 78.1 Å². The van der Waals surface area contributed by atoms with Gasteiger partial charge in [0.2, 0.25) is 5.91 Å². The first-order valence-corrected chi connectivity index (χ1v) is 5.66. The van der Waals surface area contributed by atoms with Crippen LogP contribution in [0.15, 0.2) is 10.9 Å². The van der Waals surface area contributed by atoms with Crippen LogP contribution in [0.1, 0.15) is 19.7 Å². The number of nitrogens with zero attached hydrogens (tertiary/aromatic N) is 2. The Labute approximate surface area is 100 Å². The Balaban J connectivity index is 2.98. The van der Waals surface area contributed by atoms with Crippen molar-refractivity contribution in [2.75, 3.05) is 25.0 Å². The fourth-order valence-corrected chi connectivity index (χ4v) is 1.43. The number of anilines is 1. The smallest absolute Gasteiger partial charge is 0.252 e. The summed E-state index contributed by atoms with van der Waals surface area (Å²) in [6.45, 7) is 4.65. The van der Waals surface area contributed by atoms with E-state index in [1.807, 2.05) is 13.8 Å². The molecule has 6 nitrogen and oxygen atoms in total. The molecule has 1 heterocycles. The van der Waals surface area contributed by atoms with Crippen molar-refractivity contribution in [2.24, 2.45) is 0 Å². The summed E-state index contributed by atoms with van der Waals surface area (Å²) in [6.07, 6.45) is 0.653. The standard InChI is InChI=1S/C11H18N4O2/c1-4-8-13-9(6-10(16)14-8)15(5-2)7-11(17)12-3/h6H,4-5,7H2,1-3H3,(H,12,17)(H,13,14,16). The molecule has 0 fully saturated rings. The molecule has 0 aliphatic rings. The van der Waals surface area contributed by atoms with Crippen molar-refractivity contribution in [3.05, 3.63) is 22.2 Å². The minimum atomic E-state index is -0.192. The third-order valence-electron chi connectivity index (χ3n) is 2.43. The largest absolute Gasteiger partial charge is 0.358 e. The highest BCUT2D eigenvalue weighted by Gasteiger charge is 2.11. The maximum atomic E-state index is 11.4. The van der Waals surface area contributed by atoms with Gasteiger partial charge in [-0.15, -0.1) is 0 Å². The summed E-state index contributed by atoms with van der Waals surface area (Å²) in [5.41, 5.74) is -0.192. The third kappa shape index (κ3) is 3.58. The first kappa shape index (κ1) is 13.2. The van der Waals surface area contributed by atoms with E-state index in [1.54, 1.807) is 11.9 Å². The number of H-pyrrole nitrogens is 1.